The van der Waals surface area contributed by atoms with Gasteiger partial charge in [-0.2, -0.15) is 0 Å². The van der Waals surface area contributed by atoms with Crippen molar-refractivity contribution in [2.24, 2.45) is 0 Å². The Kier molecular flexibility index (Phi) is 6.24. The second-order valence-electron chi connectivity index (χ2n) is 6.53. The van der Waals surface area contributed by atoms with Gasteiger partial charge in [0.2, 0.25) is 5.91 Å². The summed E-state index contributed by atoms with van der Waals surface area (Å²) in [4.78, 5) is 25.2. The first-order valence-corrected chi connectivity index (χ1v) is 9.28. The predicted molar refractivity (Wildman–Crippen MR) is 111 cm³/mol. The van der Waals surface area contributed by atoms with Crippen molar-refractivity contribution in [3.8, 4) is 11.5 Å². The van der Waals surface area contributed by atoms with Crippen LogP contribution in [0.1, 0.15) is 29.2 Å². The Hall–Kier alpha value is -3.25. The van der Waals surface area contributed by atoms with Crippen LogP contribution in [0.3, 0.4) is 0 Å². The van der Waals surface area contributed by atoms with Crippen LogP contribution in [0, 0.1) is 6.92 Å². The summed E-state index contributed by atoms with van der Waals surface area (Å²) in [5.74, 6) is -0.344. The highest BCUT2D eigenvalue weighted by Crippen LogP contribution is 2.33. The Labute approximate surface area is 172 Å². The maximum absolute atomic E-state index is 12.7. The van der Waals surface area contributed by atoms with E-state index in [4.69, 9.17) is 20.8 Å². The molecule has 2 aromatic carbocycles. The molecular formula is C22H20ClNO5. The molecule has 0 unspecified atom stereocenters. The number of carbonyl (C=O) groups excluding carboxylic acids is 1. The zero-order valence-corrected chi connectivity index (χ0v) is 16.7. The number of hydrogen-bond acceptors (Lipinski definition) is 5. The molecule has 7 heteroatoms. The van der Waals surface area contributed by atoms with Crippen LogP contribution in [0.25, 0.3) is 0 Å². The van der Waals surface area contributed by atoms with Crippen LogP contribution in [0.4, 0.5) is 5.69 Å². The lowest BCUT2D eigenvalue weighted by Crippen LogP contribution is -2.21. The van der Waals surface area contributed by atoms with Gasteiger partial charge in [0.15, 0.2) is 0 Å². The summed E-state index contributed by atoms with van der Waals surface area (Å²) in [6, 6.07) is 15.1. The number of ether oxygens (including phenoxy) is 1. The Morgan fingerprint density at radius 3 is 2.55 bits per heavy atom. The average Bonchev–Trinajstić information content (AvgIpc) is 2.66. The molecule has 1 heterocycles. The highest BCUT2D eigenvalue weighted by Gasteiger charge is 2.26. The zero-order chi connectivity index (χ0) is 21.0. The maximum atomic E-state index is 12.7. The van der Waals surface area contributed by atoms with E-state index >= 15 is 0 Å². The monoisotopic (exact) mass is 413 g/mol. The van der Waals surface area contributed by atoms with Crippen LogP contribution >= 0.6 is 11.6 Å². The molecule has 0 saturated heterocycles. The van der Waals surface area contributed by atoms with Gasteiger partial charge in [0.25, 0.3) is 0 Å². The minimum absolute atomic E-state index is 0.0296. The maximum Gasteiger partial charge on any atom is 0.343 e. The molecule has 6 nitrogen and oxygen atoms in total. The van der Waals surface area contributed by atoms with Crippen molar-refractivity contribution < 1.29 is 19.1 Å². The van der Waals surface area contributed by atoms with Crippen molar-refractivity contribution in [2.75, 3.05) is 12.4 Å². The molecule has 0 fully saturated rings. The molecular weight excluding hydrogens is 394 g/mol. The van der Waals surface area contributed by atoms with E-state index in [0.717, 1.165) is 0 Å². The number of hydrogen-bond donors (Lipinski definition) is 2. The molecule has 0 aliphatic rings. The summed E-state index contributed by atoms with van der Waals surface area (Å²) >= 11 is 5.96. The van der Waals surface area contributed by atoms with Crippen LogP contribution in [0.15, 0.2) is 63.8 Å². The van der Waals surface area contributed by atoms with E-state index in [-0.39, 0.29) is 29.4 Å². The molecule has 0 saturated carbocycles. The van der Waals surface area contributed by atoms with Crippen LogP contribution in [0.2, 0.25) is 5.02 Å². The fourth-order valence-corrected chi connectivity index (χ4v) is 3.30. The predicted octanol–water partition coefficient (Wildman–Crippen LogP) is 4.48. The Bertz CT molecular complexity index is 1080. The molecule has 0 radical (unpaired) electrons. The zero-order valence-electron chi connectivity index (χ0n) is 15.9. The van der Waals surface area contributed by atoms with Crippen molar-refractivity contribution in [1.82, 2.24) is 0 Å². The van der Waals surface area contributed by atoms with E-state index in [9.17, 15) is 14.7 Å². The third kappa shape index (κ3) is 4.97. The van der Waals surface area contributed by atoms with E-state index in [1.54, 1.807) is 62.6 Å². The smallest absolute Gasteiger partial charge is 0.343 e. The highest BCUT2D eigenvalue weighted by atomic mass is 35.5. The fraction of sp³-hybridized carbons (Fsp3) is 0.182. The minimum atomic E-state index is -0.711. The molecule has 1 amide bonds. The number of rotatable bonds is 6. The normalized spacial score (nSPS) is 11.7. The first-order valence-electron chi connectivity index (χ1n) is 8.90. The van der Waals surface area contributed by atoms with Gasteiger partial charge in [0, 0.05) is 29.1 Å². The molecule has 2 N–H and O–H groups in total. The van der Waals surface area contributed by atoms with Gasteiger partial charge in [0.05, 0.1) is 12.7 Å². The number of halogens is 1. The van der Waals surface area contributed by atoms with Gasteiger partial charge in [-0.25, -0.2) is 4.79 Å². The molecule has 29 heavy (non-hydrogen) atoms. The first kappa shape index (κ1) is 20.5. The van der Waals surface area contributed by atoms with Crippen molar-refractivity contribution in [3.63, 3.8) is 0 Å². The van der Waals surface area contributed by atoms with Crippen LogP contribution in [0.5, 0.6) is 11.5 Å². The summed E-state index contributed by atoms with van der Waals surface area (Å²) in [5, 5.41) is 13.7. The SMILES string of the molecule is COc1ccc([C@H](CC(=O)Nc2cccc(Cl)c2)c2c(O)cc(C)oc2=O)cc1. The van der Waals surface area contributed by atoms with Gasteiger partial charge in [-0.05, 0) is 42.8 Å². The largest absolute Gasteiger partial charge is 0.507 e. The van der Waals surface area contributed by atoms with Crippen LogP contribution in [-0.2, 0) is 4.79 Å². The fourth-order valence-electron chi connectivity index (χ4n) is 3.11. The number of benzene rings is 2. The van der Waals surface area contributed by atoms with Crippen molar-refractivity contribution in [1.29, 1.82) is 0 Å². The molecule has 150 valence electrons. The van der Waals surface area contributed by atoms with Gasteiger partial charge in [-0.15, -0.1) is 0 Å². The lowest BCUT2D eigenvalue weighted by atomic mass is 9.88. The molecule has 0 bridgehead atoms. The van der Waals surface area contributed by atoms with E-state index in [1.165, 1.54) is 6.07 Å². The summed E-state index contributed by atoms with van der Waals surface area (Å²) in [7, 11) is 1.55. The third-order valence-corrected chi connectivity index (χ3v) is 4.69. The van der Waals surface area contributed by atoms with E-state index < -0.39 is 11.5 Å². The molecule has 1 aromatic heterocycles. The molecule has 0 aliphatic carbocycles. The summed E-state index contributed by atoms with van der Waals surface area (Å²) in [5.41, 5.74) is 0.551. The molecule has 1 atom stereocenters. The highest BCUT2D eigenvalue weighted by molar-refractivity contribution is 6.30. The second-order valence-corrected chi connectivity index (χ2v) is 6.97. The summed E-state index contributed by atoms with van der Waals surface area (Å²) < 4.78 is 10.3. The number of nitrogens with one attached hydrogen (secondary N) is 1. The topological polar surface area (TPSA) is 88.8 Å². The molecule has 0 spiro atoms. The first-order chi connectivity index (χ1) is 13.9. The number of aryl methyl sites for hydroxylation is 1. The van der Waals surface area contributed by atoms with Gasteiger partial charge < -0.3 is 19.6 Å². The van der Waals surface area contributed by atoms with Crippen LogP contribution in [-0.4, -0.2) is 18.1 Å². The standard InChI is InChI=1S/C22H20ClNO5/c1-13-10-19(25)21(22(27)29-13)18(14-6-8-17(28-2)9-7-14)12-20(26)24-16-5-3-4-15(23)11-16/h3-11,18,25H,12H2,1-2H3,(H,24,26)/t18-/m0/s1. The van der Waals surface area contributed by atoms with E-state index in [1.807, 2.05) is 0 Å². The minimum Gasteiger partial charge on any atom is -0.507 e. The Morgan fingerprint density at radius 1 is 1.21 bits per heavy atom. The van der Waals surface area contributed by atoms with Gasteiger partial charge in [-0.3, -0.25) is 4.79 Å². The van der Waals surface area contributed by atoms with Crippen molar-refractivity contribution >= 4 is 23.2 Å². The van der Waals surface area contributed by atoms with Gasteiger partial charge >= 0.3 is 5.63 Å². The van der Waals surface area contributed by atoms with Crippen LogP contribution < -0.4 is 15.7 Å². The molecule has 0 aliphatic heterocycles. The number of methoxy groups -OCH3 is 1. The summed E-state index contributed by atoms with van der Waals surface area (Å²) in [6.07, 6.45) is -0.0831. The second kappa shape index (κ2) is 8.84. The van der Waals surface area contributed by atoms with E-state index in [2.05, 4.69) is 5.32 Å². The molecule has 3 rings (SSSR count). The third-order valence-electron chi connectivity index (χ3n) is 4.45. The number of anilines is 1. The van der Waals surface area contributed by atoms with E-state index in [0.29, 0.717) is 22.0 Å². The Morgan fingerprint density at radius 2 is 1.93 bits per heavy atom. The average molecular weight is 414 g/mol. The van der Waals surface area contributed by atoms with Crippen molar-refractivity contribution in [2.45, 2.75) is 19.3 Å². The lowest BCUT2D eigenvalue weighted by Gasteiger charge is -2.18. The van der Waals surface area contributed by atoms with Crippen molar-refractivity contribution in [3.05, 3.63) is 86.9 Å². The molecule has 3 aromatic rings. The quantitative estimate of drug-likeness (QED) is 0.622. The van der Waals surface area contributed by atoms with Gasteiger partial charge in [-0.1, -0.05) is 29.8 Å². The summed E-state index contributed by atoms with van der Waals surface area (Å²) in [6.45, 7) is 1.57. The number of aromatic hydroxyl groups is 1. The lowest BCUT2D eigenvalue weighted by molar-refractivity contribution is -0.116. The van der Waals surface area contributed by atoms with Gasteiger partial charge in [0.1, 0.15) is 17.3 Å². The Balaban J connectivity index is 1.96. The number of amides is 1. The number of carbonyl (C=O) groups is 1.